The van der Waals surface area contributed by atoms with Crippen LogP contribution < -0.4 is 0 Å². The Morgan fingerprint density at radius 2 is 2.20 bits per heavy atom. The maximum absolute atomic E-state index is 12.0. The molecule has 1 aliphatic heterocycles. The molecule has 0 amide bonds. The van der Waals surface area contributed by atoms with E-state index in [-0.39, 0.29) is 6.67 Å². The second-order valence-corrected chi connectivity index (χ2v) is 5.16. The first kappa shape index (κ1) is 15.0. The van der Waals surface area contributed by atoms with Crippen LogP contribution in [0.5, 0.6) is 0 Å². The molecule has 1 aromatic heterocycles. The molecular formula is C14H22FN3O2. The molecule has 0 saturated heterocycles. The molecular weight excluding hydrogens is 261 g/mol. The Balaban J connectivity index is 1.98. The summed E-state index contributed by atoms with van der Waals surface area (Å²) in [6.45, 7) is 2.45. The van der Waals surface area contributed by atoms with Crippen LogP contribution in [0.1, 0.15) is 41.3 Å². The first-order valence-electron chi connectivity index (χ1n) is 7.08. The molecule has 1 aliphatic rings. The number of aromatic nitrogens is 2. The van der Waals surface area contributed by atoms with Crippen LogP contribution >= 0.6 is 0 Å². The van der Waals surface area contributed by atoms with Gasteiger partial charge in [-0.3, -0.25) is 9.29 Å². The Hall–Kier alpha value is -1.43. The zero-order valence-corrected chi connectivity index (χ0v) is 12.2. The second kappa shape index (κ2) is 6.83. The first-order valence-corrected chi connectivity index (χ1v) is 7.08. The van der Waals surface area contributed by atoms with Gasteiger partial charge in [-0.1, -0.05) is 0 Å². The third-order valence-electron chi connectivity index (χ3n) is 3.81. The number of nitrogens with zero attached hydrogens (tertiary/aromatic N) is 3. The Bertz CT molecular complexity index is 473. The molecule has 0 bridgehead atoms. The molecule has 6 heteroatoms. The molecule has 20 heavy (non-hydrogen) atoms. The van der Waals surface area contributed by atoms with E-state index in [9.17, 15) is 9.18 Å². The van der Waals surface area contributed by atoms with Crippen molar-refractivity contribution in [2.75, 3.05) is 26.9 Å². The third kappa shape index (κ3) is 3.17. The molecule has 0 radical (unpaired) electrons. The largest absolute Gasteiger partial charge is 0.463 e. The highest BCUT2D eigenvalue weighted by atomic mass is 19.1. The minimum atomic E-state index is -0.392. The number of carbonyl (C=O) groups is 1. The van der Waals surface area contributed by atoms with Crippen LogP contribution in [0.3, 0.4) is 0 Å². The van der Waals surface area contributed by atoms with E-state index in [1.807, 2.05) is 11.6 Å². The number of fused-ring (bicyclic) bond motifs is 1. The first-order chi connectivity index (χ1) is 9.67. The summed E-state index contributed by atoms with van der Waals surface area (Å²) >= 11 is 0. The number of esters is 1. The van der Waals surface area contributed by atoms with Crippen LogP contribution in [-0.2, 0) is 24.8 Å². The number of rotatable bonds is 6. The lowest BCUT2D eigenvalue weighted by Gasteiger charge is -2.26. The van der Waals surface area contributed by atoms with E-state index in [0.717, 1.165) is 50.3 Å². The lowest BCUT2D eigenvalue weighted by molar-refractivity contribution is 0.0582. The van der Waals surface area contributed by atoms with Crippen LogP contribution in [0.4, 0.5) is 4.39 Å². The summed E-state index contributed by atoms with van der Waals surface area (Å²) in [6, 6.07) is 0. The van der Waals surface area contributed by atoms with Crippen molar-refractivity contribution in [3.63, 3.8) is 0 Å². The molecule has 0 aliphatic carbocycles. The predicted molar refractivity (Wildman–Crippen MR) is 73.4 cm³/mol. The van der Waals surface area contributed by atoms with Crippen molar-refractivity contribution in [1.29, 1.82) is 0 Å². The molecule has 0 fully saturated rings. The topological polar surface area (TPSA) is 47.4 Å². The van der Waals surface area contributed by atoms with Gasteiger partial charge in [0.05, 0.1) is 19.5 Å². The maximum Gasteiger partial charge on any atom is 0.374 e. The monoisotopic (exact) mass is 283 g/mol. The third-order valence-corrected chi connectivity index (χ3v) is 3.81. The van der Waals surface area contributed by atoms with Gasteiger partial charge in [0.15, 0.2) is 0 Å². The van der Waals surface area contributed by atoms with Crippen molar-refractivity contribution in [3.8, 4) is 0 Å². The minimum Gasteiger partial charge on any atom is -0.463 e. The molecule has 0 saturated carbocycles. The van der Waals surface area contributed by atoms with E-state index in [0.29, 0.717) is 12.2 Å². The summed E-state index contributed by atoms with van der Waals surface area (Å²) in [7, 11) is 3.22. The Morgan fingerprint density at radius 1 is 1.40 bits per heavy atom. The quantitative estimate of drug-likeness (QED) is 0.589. The van der Waals surface area contributed by atoms with Gasteiger partial charge in [-0.25, -0.2) is 9.78 Å². The SMILES string of the molecule is COC(=O)c1nc2c(n1C)CCN(CCCCCF)C2. The van der Waals surface area contributed by atoms with Crippen LogP contribution in [0.15, 0.2) is 0 Å². The van der Waals surface area contributed by atoms with E-state index in [1.54, 1.807) is 0 Å². The number of ether oxygens (including phenoxy) is 1. The van der Waals surface area contributed by atoms with Crippen LogP contribution in [0.25, 0.3) is 0 Å². The van der Waals surface area contributed by atoms with Gasteiger partial charge in [0.2, 0.25) is 5.82 Å². The highest BCUT2D eigenvalue weighted by molar-refractivity contribution is 5.85. The van der Waals surface area contributed by atoms with Crippen molar-refractivity contribution < 1.29 is 13.9 Å². The zero-order valence-electron chi connectivity index (χ0n) is 12.2. The molecule has 5 nitrogen and oxygen atoms in total. The Labute approximate surface area is 118 Å². The molecule has 0 aromatic carbocycles. The number of alkyl halides is 1. The summed E-state index contributed by atoms with van der Waals surface area (Å²) in [4.78, 5) is 18.3. The molecule has 0 unspecified atom stereocenters. The minimum absolute atomic E-state index is 0.229. The number of imidazole rings is 1. The van der Waals surface area contributed by atoms with E-state index < -0.39 is 5.97 Å². The average molecular weight is 283 g/mol. The summed E-state index contributed by atoms with van der Waals surface area (Å²) < 4.78 is 18.6. The normalized spacial score (nSPS) is 15.2. The van der Waals surface area contributed by atoms with Gasteiger partial charge in [0.1, 0.15) is 0 Å². The second-order valence-electron chi connectivity index (χ2n) is 5.16. The number of unbranched alkanes of at least 4 members (excludes halogenated alkanes) is 2. The van der Waals surface area contributed by atoms with Crippen molar-refractivity contribution in [3.05, 3.63) is 17.2 Å². The number of carbonyl (C=O) groups excluding carboxylic acids is 1. The van der Waals surface area contributed by atoms with Gasteiger partial charge in [-0.15, -0.1) is 0 Å². The maximum atomic E-state index is 12.0. The van der Waals surface area contributed by atoms with Crippen molar-refractivity contribution >= 4 is 5.97 Å². The van der Waals surface area contributed by atoms with Crippen molar-refractivity contribution in [2.45, 2.75) is 32.2 Å². The summed E-state index contributed by atoms with van der Waals surface area (Å²) in [5.41, 5.74) is 2.08. The van der Waals surface area contributed by atoms with Crippen LogP contribution in [0.2, 0.25) is 0 Å². The number of methoxy groups -OCH3 is 1. The molecule has 2 rings (SSSR count). The van der Waals surface area contributed by atoms with E-state index >= 15 is 0 Å². The zero-order chi connectivity index (χ0) is 14.5. The van der Waals surface area contributed by atoms with Gasteiger partial charge in [0, 0.05) is 32.3 Å². The van der Waals surface area contributed by atoms with Crippen molar-refractivity contribution in [1.82, 2.24) is 14.5 Å². The Kier molecular flexibility index (Phi) is 5.11. The van der Waals surface area contributed by atoms with Gasteiger partial charge < -0.3 is 9.30 Å². The molecule has 112 valence electrons. The standard InChI is InChI=1S/C14H22FN3O2/c1-17-12-6-9-18(8-5-3-4-7-15)10-11(12)16-13(17)14(19)20-2/h3-10H2,1-2H3. The van der Waals surface area contributed by atoms with Crippen molar-refractivity contribution in [2.24, 2.45) is 7.05 Å². The van der Waals surface area contributed by atoms with E-state index in [2.05, 4.69) is 9.88 Å². The van der Waals surface area contributed by atoms with E-state index in [4.69, 9.17) is 4.74 Å². The number of halogens is 1. The summed E-state index contributed by atoms with van der Waals surface area (Å²) in [5, 5.41) is 0. The molecule has 0 spiro atoms. The lowest BCUT2D eigenvalue weighted by atomic mass is 10.1. The number of hydrogen-bond acceptors (Lipinski definition) is 4. The van der Waals surface area contributed by atoms with Gasteiger partial charge >= 0.3 is 5.97 Å². The number of hydrogen-bond donors (Lipinski definition) is 0. The smallest absolute Gasteiger partial charge is 0.374 e. The molecule has 1 aromatic rings. The van der Waals surface area contributed by atoms with Crippen LogP contribution in [0, 0.1) is 0 Å². The average Bonchev–Trinajstić information content (AvgIpc) is 2.79. The lowest BCUT2D eigenvalue weighted by Crippen LogP contribution is -2.32. The Morgan fingerprint density at radius 3 is 2.90 bits per heavy atom. The van der Waals surface area contributed by atoms with Gasteiger partial charge in [-0.2, -0.15) is 0 Å². The van der Waals surface area contributed by atoms with E-state index in [1.165, 1.54) is 7.11 Å². The molecule has 0 atom stereocenters. The fourth-order valence-electron chi connectivity index (χ4n) is 2.65. The van der Waals surface area contributed by atoms with Crippen LogP contribution in [-0.4, -0.2) is 47.3 Å². The molecule has 0 N–H and O–H groups in total. The predicted octanol–water partition coefficient (Wildman–Crippen LogP) is 1.70. The highest BCUT2D eigenvalue weighted by Gasteiger charge is 2.25. The fraction of sp³-hybridized carbons (Fsp3) is 0.714. The van der Waals surface area contributed by atoms with Gasteiger partial charge in [0.25, 0.3) is 0 Å². The highest BCUT2D eigenvalue weighted by Crippen LogP contribution is 2.20. The summed E-state index contributed by atoms with van der Waals surface area (Å²) in [5.74, 6) is -0.0202. The van der Waals surface area contributed by atoms with Gasteiger partial charge in [-0.05, 0) is 25.8 Å². The summed E-state index contributed by atoms with van der Waals surface area (Å²) in [6.07, 6.45) is 3.47. The molecule has 2 heterocycles. The fourth-order valence-corrected chi connectivity index (χ4v) is 2.65.